The first-order valence-corrected chi connectivity index (χ1v) is 18.1. The minimum absolute atomic E-state index is 0.254. The van der Waals surface area contributed by atoms with Crippen molar-refractivity contribution in [2.75, 3.05) is 14.2 Å². The number of aromatic nitrogens is 6. The quantitative estimate of drug-likeness (QED) is 0.0951. The molecule has 0 bridgehead atoms. The van der Waals surface area contributed by atoms with Crippen LogP contribution in [-0.4, -0.2) is 44.6 Å². The number of pyridine rings is 2. The number of rotatable bonds is 17. The SMILES string of the molecule is COc1nc(OCc2cccc(-c3cccc(COc4nc(OC)c(CNCc5nnc(C)o5)cc4Cl)c3C)c2C)c(Cl)cc1CCCc1nnc(C)o1. The van der Waals surface area contributed by atoms with Crippen molar-refractivity contribution in [3.05, 3.63) is 116 Å². The molecule has 15 heteroatoms. The van der Waals surface area contributed by atoms with Gasteiger partial charge in [0, 0.05) is 37.9 Å². The van der Waals surface area contributed by atoms with E-state index in [0.29, 0.717) is 77.2 Å². The number of hydrogen-bond acceptors (Lipinski definition) is 13. The average Bonchev–Trinajstić information content (AvgIpc) is 3.78. The first-order valence-electron chi connectivity index (χ1n) is 17.3. The zero-order valence-electron chi connectivity index (χ0n) is 31.0. The third kappa shape index (κ3) is 9.27. The van der Waals surface area contributed by atoms with Gasteiger partial charge in [-0.05, 0) is 72.2 Å². The molecule has 0 fully saturated rings. The van der Waals surface area contributed by atoms with Gasteiger partial charge < -0.3 is 33.1 Å². The van der Waals surface area contributed by atoms with Crippen LogP contribution in [0.15, 0.2) is 57.4 Å². The van der Waals surface area contributed by atoms with Crippen LogP contribution in [0.3, 0.4) is 0 Å². The molecule has 0 spiro atoms. The van der Waals surface area contributed by atoms with Gasteiger partial charge in [0.15, 0.2) is 0 Å². The van der Waals surface area contributed by atoms with Crippen LogP contribution in [-0.2, 0) is 39.1 Å². The molecular weight excluding hydrogens is 733 g/mol. The molecule has 0 aliphatic heterocycles. The number of nitrogens with one attached hydrogen (secondary N) is 1. The number of benzene rings is 2. The summed E-state index contributed by atoms with van der Waals surface area (Å²) in [6.45, 7) is 9.01. The summed E-state index contributed by atoms with van der Waals surface area (Å²) in [5, 5.41) is 19.8. The summed E-state index contributed by atoms with van der Waals surface area (Å²) in [5.41, 5.74) is 7.91. The fourth-order valence-corrected chi connectivity index (χ4v) is 6.44. The summed E-state index contributed by atoms with van der Waals surface area (Å²) in [4.78, 5) is 9.14. The van der Waals surface area contributed by atoms with Crippen molar-refractivity contribution in [3.63, 3.8) is 0 Å². The van der Waals surface area contributed by atoms with Crippen LogP contribution < -0.4 is 24.3 Å². The van der Waals surface area contributed by atoms with Crippen molar-refractivity contribution in [2.45, 2.75) is 73.3 Å². The van der Waals surface area contributed by atoms with E-state index in [1.165, 1.54) is 0 Å². The van der Waals surface area contributed by atoms with E-state index in [2.05, 4.69) is 61.7 Å². The second-order valence-electron chi connectivity index (χ2n) is 12.5. The zero-order valence-corrected chi connectivity index (χ0v) is 32.5. The molecule has 0 saturated heterocycles. The molecule has 0 saturated carbocycles. The molecule has 0 atom stereocenters. The Balaban J connectivity index is 1.11. The van der Waals surface area contributed by atoms with Gasteiger partial charge in [-0.25, -0.2) is 0 Å². The zero-order chi connectivity index (χ0) is 38.2. The first-order chi connectivity index (χ1) is 26.1. The number of nitrogens with zero attached hydrogens (tertiary/aromatic N) is 6. The molecule has 2 aromatic carbocycles. The lowest BCUT2D eigenvalue weighted by molar-refractivity contribution is 0.285. The predicted molar refractivity (Wildman–Crippen MR) is 202 cm³/mol. The summed E-state index contributed by atoms with van der Waals surface area (Å²) >= 11 is 13.3. The van der Waals surface area contributed by atoms with E-state index in [1.807, 2.05) is 30.3 Å². The molecule has 4 aromatic heterocycles. The van der Waals surface area contributed by atoms with E-state index in [0.717, 1.165) is 50.9 Å². The number of hydrogen-bond donors (Lipinski definition) is 1. The maximum atomic E-state index is 6.65. The van der Waals surface area contributed by atoms with Gasteiger partial charge in [0.05, 0.1) is 20.8 Å². The molecule has 1 N–H and O–H groups in total. The van der Waals surface area contributed by atoms with Crippen LogP contribution in [0.5, 0.6) is 23.5 Å². The van der Waals surface area contributed by atoms with Crippen LogP contribution in [0.25, 0.3) is 11.1 Å². The molecule has 54 heavy (non-hydrogen) atoms. The summed E-state index contributed by atoms with van der Waals surface area (Å²) in [6, 6.07) is 15.9. The van der Waals surface area contributed by atoms with Gasteiger partial charge >= 0.3 is 0 Å². The standard InChI is InChI=1S/C39H41Cl2N7O6/c1-22-27(20-51-38-32(40)16-26(36(43-38)49-5)10-9-15-34-47-45-24(3)53-34)11-7-13-30(22)31-14-8-12-28(23(31)2)21-52-39-33(41)17-29(37(44-39)50-6)18-42-19-35-48-46-25(4)54-35/h7-8,11-14,16-17,42H,9-10,15,18-21H2,1-6H3. The summed E-state index contributed by atoms with van der Waals surface area (Å²) in [6.07, 6.45) is 2.08. The largest absolute Gasteiger partial charge is 0.481 e. The minimum Gasteiger partial charge on any atom is -0.481 e. The molecule has 282 valence electrons. The minimum atomic E-state index is 0.254. The second-order valence-corrected chi connectivity index (χ2v) is 13.3. The van der Waals surface area contributed by atoms with Crippen LogP contribution >= 0.6 is 23.2 Å². The lowest BCUT2D eigenvalue weighted by Gasteiger charge is -2.17. The normalized spacial score (nSPS) is 11.2. The summed E-state index contributed by atoms with van der Waals surface area (Å²) in [7, 11) is 3.14. The Morgan fingerprint density at radius 1 is 0.593 bits per heavy atom. The van der Waals surface area contributed by atoms with Gasteiger partial charge in [0.1, 0.15) is 23.3 Å². The summed E-state index contributed by atoms with van der Waals surface area (Å²) in [5.74, 6) is 3.59. The Hall–Kier alpha value is -5.24. The Bertz CT molecular complexity index is 2070. The van der Waals surface area contributed by atoms with Crippen molar-refractivity contribution in [1.82, 2.24) is 35.7 Å². The molecule has 6 aromatic rings. The van der Waals surface area contributed by atoms with Crippen molar-refractivity contribution in [1.29, 1.82) is 0 Å². The molecule has 4 heterocycles. The Kier molecular flexibility index (Phi) is 12.6. The Morgan fingerprint density at radius 3 is 1.63 bits per heavy atom. The molecular formula is C39H41Cl2N7O6. The van der Waals surface area contributed by atoms with Crippen molar-refractivity contribution < 1.29 is 27.8 Å². The maximum absolute atomic E-state index is 6.65. The number of halogens is 2. The average molecular weight is 775 g/mol. The predicted octanol–water partition coefficient (Wildman–Crippen LogP) is 8.09. The van der Waals surface area contributed by atoms with E-state index in [4.69, 9.17) is 51.0 Å². The molecule has 0 radical (unpaired) electrons. The highest BCUT2D eigenvalue weighted by atomic mass is 35.5. The molecule has 0 unspecified atom stereocenters. The molecule has 0 aliphatic rings. The lowest BCUT2D eigenvalue weighted by atomic mass is 9.92. The fourth-order valence-electron chi connectivity index (χ4n) is 5.99. The number of aryl methyl sites for hydroxylation is 4. The third-order valence-corrected chi connectivity index (χ3v) is 9.37. The Labute approximate surface area is 323 Å². The monoisotopic (exact) mass is 773 g/mol. The topological polar surface area (TPSA) is 153 Å². The van der Waals surface area contributed by atoms with E-state index >= 15 is 0 Å². The first kappa shape index (κ1) is 38.5. The Morgan fingerprint density at radius 2 is 1.11 bits per heavy atom. The molecule has 13 nitrogen and oxygen atoms in total. The third-order valence-electron chi connectivity index (χ3n) is 8.83. The van der Waals surface area contributed by atoms with Gasteiger partial charge in [-0.15, -0.1) is 20.4 Å². The molecule has 0 amide bonds. The smallest absolute Gasteiger partial charge is 0.236 e. The number of methoxy groups -OCH3 is 2. The van der Waals surface area contributed by atoms with E-state index in [9.17, 15) is 0 Å². The van der Waals surface area contributed by atoms with E-state index < -0.39 is 0 Å². The van der Waals surface area contributed by atoms with Crippen molar-refractivity contribution in [3.8, 4) is 34.6 Å². The van der Waals surface area contributed by atoms with Crippen molar-refractivity contribution in [2.24, 2.45) is 0 Å². The molecule has 0 aliphatic carbocycles. The van der Waals surface area contributed by atoms with Gasteiger partial charge in [0.25, 0.3) is 0 Å². The van der Waals surface area contributed by atoms with E-state index in [-0.39, 0.29) is 19.1 Å². The van der Waals surface area contributed by atoms with Gasteiger partial charge in [-0.1, -0.05) is 59.6 Å². The number of ether oxygens (including phenoxy) is 4. The van der Waals surface area contributed by atoms with Gasteiger partial charge in [-0.3, -0.25) is 0 Å². The van der Waals surface area contributed by atoms with Crippen LogP contribution in [0, 0.1) is 27.7 Å². The summed E-state index contributed by atoms with van der Waals surface area (Å²) < 4.78 is 34.4. The highest BCUT2D eigenvalue weighted by Crippen LogP contribution is 2.34. The highest BCUT2D eigenvalue weighted by Gasteiger charge is 2.18. The van der Waals surface area contributed by atoms with Crippen LogP contribution in [0.4, 0.5) is 0 Å². The van der Waals surface area contributed by atoms with Gasteiger partial charge in [-0.2, -0.15) is 9.97 Å². The highest BCUT2D eigenvalue weighted by molar-refractivity contribution is 6.32. The second kappa shape index (κ2) is 17.7. The van der Waals surface area contributed by atoms with Crippen LogP contribution in [0.2, 0.25) is 10.0 Å². The lowest BCUT2D eigenvalue weighted by Crippen LogP contribution is -2.14. The maximum Gasteiger partial charge on any atom is 0.236 e. The van der Waals surface area contributed by atoms with Gasteiger partial charge in [0.2, 0.25) is 47.1 Å². The van der Waals surface area contributed by atoms with Crippen LogP contribution in [0.1, 0.15) is 63.4 Å². The van der Waals surface area contributed by atoms with E-state index in [1.54, 1.807) is 34.1 Å². The fraction of sp³-hybridized carbons (Fsp3) is 0.333. The van der Waals surface area contributed by atoms with Crippen molar-refractivity contribution >= 4 is 23.2 Å². The molecule has 6 rings (SSSR count).